The summed E-state index contributed by atoms with van der Waals surface area (Å²) in [5, 5.41) is 8.66. The second-order valence-corrected chi connectivity index (χ2v) is 8.09. The number of nitrogens with zero attached hydrogens (tertiary/aromatic N) is 1. The molecule has 0 spiro atoms. The van der Waals surface area contributed by atoms with Gasteiger partial charge < -0.3 is 25.6 Å². The van der Waals surface area contributed by atoms with Crippen LogP contribution in [0.4, 0.5) is 11.4 Å². The van der Waals surface area contributed by atoms with Gasteiger partial charge in [-0.25, -0.2) is 0 Å². The van der Waals surface area contributed by atoms with Crippen LogP contribution in [-0.4, -0.2) is 49.5 Å². The molecule has 1 aliphatic heterocycles. The minimum Gasteiger partial charge on any atom is -0.477 e. The molecule has 1 heterocycles. The van der Waals surface area contributed by atoms with E-state index in [0.717, 1.165) is 24.9 Å². The van der Waals surface area contributed by atoms with Crippen molar-refractivity contribution in [2.24, 2.45) is 0 Å². The number of carbonyl (C=O) groups excluding carboxylic acids is 3. The van der Waals surface area contributed by atoms with E-state index in [0.29, 0.717) is 23.5 Å². The zero-order valence-corrected chi connectivity index (χ0v) is 18.1. The molecule has 0 saturated heterocycles. The molecule has 32 heavy (non-hydrogen) atoms. The van der Waals surface area contributed by atoms with Crippen LogP contribution < -0.4 is 25.6 Å². The second-order valence-electron chi connectivity index (χ2n) is 8.09. The molecule has 2 aromatic carbocycles. The number of amides is 3. The summed E-state index contributed by atoms with van der Waals surface area (Å²) in [6.45, 7) is 2.83. The molecule has 4 rings (SSSR count). The maximum atomic E-state index is 12.9. The molecule has 0 bridgehead atoms. The minimum atomic E-state index is -0.708. The van der Waals surface area contributed by atoms with Crippen LogP contribution in [0, 0.1) is 0 Å². The number of ether oxygens (including phenoxy) is 1. The third kappa shape index (κ3) is 5.19. The molecule has 2 aliphatic rings. The lowest BCUT2D eigenvalue weighted by Crippen LogP contribution is -2.50. The summed E-state index contributed by atoms with van der Waals surface area (Å²) < 4.78 is 5.88. The highest BCUT2D eigenvalue weighted by Crippen LogP contribution is 2.33. The van der Waals surface area contributed by atoms with Gasteiger partial charge in [-0.3, -0.25) is 14.4 Å². The smallest absolute Gasteiger partial charge is 0.262 e. The summed E-state index contributed by atoms with van der Waals surface area (Å²) in [7, 11) is 0. The molecule has 0 radical (unpaired) electrons. The van der Waals surface area contributed by atoms with Crippen LogP contribution in [0.1, 0.15) is 36.5 Å². The van der Waals surface area contributed by atoms with Gasteiger partial charge >= 0.3 is 0 Å². The largest absolute Gasteiger partial charge is 0.477 e. The van der Waals surface area contributed by atoms with Crippen molar-refractivity contribution in [3.05, 3.63) is 54.1 Å². The maximum absolute atomic E-state index is 12.9. The number of hydrogen-bond acceptors (Lipinski definition) is 5. The molecule has 0 aromatic heterocycles. The molecule has 8 heteroatoms. The molecule has 2 aromatic rings. The molecule has 168 valence electrons. The van der Waals surface area contributed by atoms with Gasteiger partial charge in [0.25, 0.3) is 11.8 Å². The normalized spacial score (nSPS) is 17.0. The van der Waals surface area contributed by atoms with E-state index in [1.807, 2.05) is 30.0 Å². The van der Waals surface area contributed by atoms with E-state index in [2.05, 4.69) is 16.0 Å². The van der Waals surface area contributed by atoms with Crippen molar-refractivity contribution in [3.63, 3.8) is 0 Å². The number of carbonyl (C=O) groups is 3. The zero-order valence-electron chi connectivity index (χ0n) is 18.1. The van der Waals surface area contributed by atoms with Crippen LogP contribution in [0.15, 0.2) is 48.5 Å². The molecule has 8 nitrogen and oxygen atoms in total. The number of para-hydroxylation sites is 3. The predicted molar refractivity (Wildman–Crippen MR) is 122 cm³/mol. The van der Waals surface area contributed by atoms with Gasteiger partial charge in [0.2, 0.25) is 5.91 Å². The van der Waals surface area contributed by atoms with Crippen LogP contribution in [0.2, 0.25) is 0 Å². The van der Waals surface area contributed by atoms with Gasteiger partial charge in [-0.2, -0.15) is 0 Å². The molecule has 1 fully saturated rings. The maximum Gasteiger partial charge on any atom is 0.262 e. The Labute approximate surface area is 187 Å². The molecule has 1 aliphatic carbocycles. The van der Waals surface area contributed by atoms with Crippen molar-refractivity contribution < 1.29 is 19.1 Å². The summed E-state index contributed by atoms with van der Waals surface area (Å²) in [5.74, 6) is -0.102. The van der Waals surface area contributed by atoms with E-state index in [9.17, 15) is 14.4 Å². The average molecular weight is 437 g/mol. The highest BCUT2D eigenvalue weighted by atomic mass is 16.5. The quantitative estimate of drug-likeness (QED) is 0.590. The summed E-state index contributed by atoms with van der Waals surface area (Å²) >= 11 is 0. The van der Waals surface area contributed by atoms with Gasteiger partial charge in [-0.1, -0.05) is 31.2 Å². The molecule has 1 saturated carbocycles. The number of benzene rings is 2. The first-order valence-electron chi connectivity index (χ1n) is 11.0. The van der Waals surface area contributed by atoms with Crippen LogP contribution in [0.3, 0.4) is 0 Å². The SMILES string of the molecule is CCCNC(=O)[C@@H]1CN(CC(=O)Nc2ccccc2C(=O)NC2CC2)c2ccccc2O1. The molecule has 1 atom stereocenters. The van der Waals surface area contributed by atoms with E-state index in [-0.39, 0.29) is 36.9 Å². The number of hydrogen-bond donors (Lipinski definition) is 3. The lowest BCUT2D eigenvalue weighted by atomic mass is 10.1. The first-order chi connectivity index (χ1) is 15.5. The number of anilines is 2. The Hall–Kier alpha value is -3.55. The fourth-order valence-electron chi connectivity index (χ4n) is 3.60. The van der Waals surface area contributed by atoms with Gasteiger partial charge in [0.1, 0.15) is 5.75 Å². The molecule has 3 amide bonds. The Bertz CT molecular complexity index is 1000. The fourth-order valence-corrected chi connectivity index (χ4v) is 3.60. The van der Waals surface area contributed by atoms with Crippen molar-refractivity contribution >= 4 is 29.1 Å². The number of fused-ring (bicyclic) bond motifs is 1. The molecular weight excluding hydrogens is 408 g/mol. The zero-order chi connectivity index (χ0) is 22.5. The van der Waals surface area contributed by atoms with Crippen LogP contribution in [-0.2, 0) is 9.59 Å². The Morgan fingerprint density at radius 1 is 1.06 bits per heavy atom. The molecule has 3 N–H and O–H groups in total. The Morgan fingerprint density at radius 2 is 1.81 bits per heavy atom. The van der Waals surface area contributed by atoms with Gasteiger partial charge in [0, 0.05) is 12.6 Å². The lowest BCUT2D eigenvalue weighted by molar-refractivity contribution is -0.128. The van der Waals surface area contributed by atoms with Gasteiger partial charge in [0.15, 0.2) is 6.10 Å². The standard InChI is InChI=1S/C24H28N4O4/c1-2-13-25-24(31)21-14-28(19-9-5-6-10-20(19)32-21)15-22(29)27-18-8-4-3-7-17(18)23(30)26-16-11-12-16/h3-10,16,21H,2,11-15H2,1H3,(H,25,31)(H,26,30)(H,27,29)/t21-/m0/s1. The highest BCUT2D eigenvalue weighted by molar-refractivity contribution is 6.04. The molecular formula is C24H28N4O4. The van der Waals surface area contributed by atoms with E-state index >= 15 is 0 Å². The molecule has 0 unspecified atom stereocenters. The van der Waals surface area contributed by atoms with E-state index in [4.69, 9.17) is 4.74 Å². The highest BCUT2D eigenvalue weighted by Gasteiger charge is 2.31. The first-order valence-corrected chi connectivity index (χ1v) is 11.0. The van der Waals surface area contributed by atoms with Gasteiger partial charge in [-0.05, 0) is 43.5 Å². The first kappa shape index (κ1) is 21.7. The van der Waals surface area contributed by atoms with Crippen molar-refractivity contribution in [1.82, 2.24) is 10.6 Å². The van der Waals surface area contributed by atoms with Crippen molar-refractivity contribution in [3.8, 4) is 5.75 Å². The van der Waals surface area contributed by atoms with Crippen molar-refractivity contribution in [2.45, 2.75) is 38.3 Å². The minimum absolute atomic E-state index is 0.0243. The Morgan fingerprint density at radius 3 is 2.59 bits per heavy atom. The van der Waals surface area contributed by atoms with Crippen molar-refractivity contribution in [2.75, 3.05) is 29.9 Å². The van der Waals surface area contributed by atoms with Gasteiger partial charge in [-0.15, -0.1) is 0 Å². The Balaban J connectivity index is 1.46. The number of nitrogens with one attached hydrogen (secondary N) is 3. The fraction of sp³-hybridized carbons (Fsp3) is 0.375. The predicted octanol–water partition coefficient (Wildman–Crippen LogP) is 2.31. The third-order valence-electron chi connectivity index (χ3n) is 5.40. The van der Waals surface area contributed by atoms with Gasteiger partial charge in [0.05, 0.1) is 30.0 Å². The van der Waals surface area contributed by atoms with Crippen LogP contribution in [0.25, 0.3) is 0 Å². The topological polar surface area (TPSA) is 99.8 Å². The second kappa shape index (κ2) is 9.72. The summed E-state index contributed by atoms with van der Waals surface area (Å²) in [5.41, 5.74) is 1.66. The average Bonchev–Trinajstić information content (AvgIpc) is 3.61. The summed E-state index contributed by atoms with van der Waals surface area (Å²) in [4.78, 5) is 39.8. The summed E-state index contributed by atoms with van der Waals surface area (Å²) in [6.07, 6.45) is 2.10. The third-order valence-corrected chi connectivity index (χ3v) is 5.40. The van der Waals surface area contributed by atoms with Crippen LogP contribution in [0.5, 0.6) is 5.75 Å². The van der Waals surface area contributed by atoms with E-state index in [1.54, 1.807) is 30.3 Å². The monoisotopic (exact) mass is 436 g/mol. The van der Waals surface area contributed by atoms with E-state index in [1.165, 1.54) is 0 Å². The van der Waals surface area contributed by atoms with Crippen molar-refractivity contribution in [1.29, 1.82) is 0 Å². The summed E-state index contributed by atoms with van der Waals surface area (Å²) in [6, 6.07) is 14.5. The lowest BCUT2D eigenvalue weighted by Gasteiger charge is -2.35. The Kier molecular flexibility index (Phi) is 6.58. The number of rotatable bonds is 8. The van der Waals surface area contributed by atoms with E-state index < -0.39 is 6.10 Å². The van der Waals surface area contributed by atoms with Crippen LogP contribution >= 0.6 is 0 Å².